The van der Waals surface area contributed by atoms with E-state index in [9.17, 15) is 43.2 Å². The molecule has 0 bridgehead atoms. The number of aliphatic hydroxyl groups is 1. The van der Waals surface area contributed by atoms with Crippen LogP contribution in [0, 0.1) is 0 Å². The lowest BCUT2D eigenvalue weighted by atomic mass is 10.0. The Bertz CT molecular complexity index is 1620. The Morgan fingerprint density at radius 3 is 0.702 bits per heavy atom. The van der Waals surface area contributed by atoms with Crippen LogP contribution in [0.15, 0.2) is 0 Å². The number of esters is 4. The van der Waals surface area contributed by atoms with Crippen LogP contribution in [0.2, 0.25) is 0 Å². The van der Waals surface area contributed by atoms with Crippen LogP contribution in [0.4, 0.5) is 0 Å². The zero-order chi connectivity index (χ0) is 61.9. The lowest BCUT2D eigenvalue weighted by Crippen LogP contribution is -2.30. The Labute approximate surface area is 511 Å². The van der Waals surface area contributed by atoms with E-state index in [0.29, 0.717) is 25.7 Å². The van der Waals surface area contributed by atoms with E-state index in [4.69, 9.17) is 37.0 Å². The second kappa shape index (κ2) is 60.0. The molecule has 84 heavy (non-hydrogen) atoms. The summed E-state index contributed by atoms with van der Waals surface area (Å²) in [5.41, 5.74) is 0. The normalized spacial score (nSPS) is 14.1. The number of phosphoric ester groups is 2. The number of carbonyl (C=O) groups is 4. The first-order chi connectivity index (χ1) is 40.7. The van der Waals surface area contributed by atoms with Gasteiger partial charge in [-0.3, -0.25) is 37.3 Å². The average Bonchev–Trinajstić information content (AvgIpc) is 3.57. The number of hydrogen-bond donors (Lipinski definition) is 3. The van der Waals surface area contributed by atoms with Gasteiger partial charge in [-0.05, 0) is 25.7 Å². The third-order valence-corrected chi connectivity index (χ3v) is 17.0. The van der Waals surface area contributed by atoms with Gasteiger partial charge in [0.2, 0.25) is 0 Å². The summed E-state index contributed by atoms with van der Waals surface area (Å²) in [5, 5.41) is 10.5. The van der Waals surface area contributed by atoms with Crippen molar-refractivity contribution in [2.45, 2.75) is 354 Å². The van der Waals surface area contributed by atoms with Crippen molar-refractivity contribution in [1.82, 2.24) is 0 Å². The molecule has 19 heteroatoms. The van der Waals surface area contributed by atoms with Crippen LogP contribution in [-0.4, -0.2) is 96.7 Å². The fourth-order valence-electron chi connectivity index (χ4n) is 9.81. The van der Waals surface area contributed by atoms with Crippen molar-refractivity contribution in [1.29, 1.82) is 0 Å². The fraction of sp³-hybridized carbons (Fsp3) is 0.938. The number of carbonyl (C=O) groups excluding carboxylic acids is 4. The molecule has 0 saturated heterocycles. The lowest BCUT2D eigenvalue weighted by Gasteiger charge is -2.21. The number of hydrogen-bond acceptors (Lipinski definition) is 15. The van der Waals surface area contributed by atoms with E-state index in [2.05, 4.69) is 27.7 Å². The molecule has 0 radical (unpaired) electrons. The van der Waals surface area contributed by atoms with Crippen molar-refractivity contribution in [2.75, 3.05) is 39.6 Å². The van der Waals surface area contributed by atoms with Crippen LogP contribution in [0.25, 0.3) is 0 Å². The van der Waals surface area contributed by atoms with Crippen LogP contribution < -0.4 is 0 Å². The van der Waals surface area contributed by atoms with Gasteiger partial charge in [-0.1, -0.05) is 285 Å². The summed E-state index contributed by atoms with van der Waals surface area (Å²) in [6.45, 7) is 4.88. The second-order valence-corrected chi connectivity index (χ2v) is 26.4. The topological polar surface area (TPSA) is 237 Å². The number of phosphoric acid groups is 2. The van der Waals surface area contributed by atoms with Crippen LogP contribution >= 0.6 is 15.6 Å². The number of aliphatic hydroxyl groups excluding tert-OH is 1. The predicted octanol–water partition coefficient (Wildman–Crippen LogP) is 18.3. The maximum atomic E-state index is 13.0. The Morgan fingerprint density at radius 2 is 0.476 bits per heavy atom. The van der Waals surface area contributed by atoms with E-state index in [1.54, 1.807) is 0 Å². The molecule has 0 aliphatic rings. The summed E-state index contributed by atoms with van der Waals surface area (Å²) < 4.78 is 68.0. The van der Waals surface area contributed by atoms with Gasteiger partial charge in [-0.2, -0.15) is 0 Å². The zero-order valence-electron chi connectivity index (χ0n) is 53.9. The van der Waals surface area contributed by atoms with E-state index in [1.165, 1.54) is 161 Å². The maximum absolute atomic E-state index is 13.0. The highest BCUT2D eigenvalue weighted by Gasteiger charge is 2.30. The van der Waals surface area contributed by atoms with Crippen molar-refractivity contribution in [2.24, 2.45) is 0 Å². The van der Waals surface area contributed by atoms with Gasteiger partial charge in [-0.15, -0.1) is 0 Å². The van der Waals surface area contributed by atoms with E-state index < -0.39 is 97.5 Å². The summed E-state index contributed by atoms with van der Waals surface area (Å²) in [6, 6.07) is 0. The van der Waals surface area contributed by atoms with Crippen molar-refractivity contribution in [3.63, 3.8) is 0 Å². The summed E-state index contributed by atoms with van der Waals surface area (Å²) in [7, 11) is -9.88. The van der Waals surface area contributed by atoms with Crippen LogP contribution in [0.5, 0.6) is 0 Å². The Morgan fingerprint density at radius 1 is 0.286 bits per heavy atom. The molecule has 0 heterocycles. The molecule has 0 aromatic rings. The summed E-state index contributed by atoms with van der Waals surface area (Å²) >= 11 is 0. The molecule has 0 aliphatic carbocycles. The van der Waals surface area contributed by atoms with Crippen LogP contribution in [0.3, 0.4) is 0 Å². The smallest absolute Gasteiger partial charge is 0.462 e. The zero-order valence-corrected chi connectivity index (χ0v) is 55.7. The molecular formula is C65H126O17P2. The molecule has 0 aromatic carbocycles. The quantitative estimate of drug-likeness (QED) is 0.0222. The van der Waals surface area contributed by atoms with Gasteiger partial charge in [0.25, 0.3) is 0 Å². The Kier molecular flexibility index (Phi) is 58.6. The largest absolute Gasteiger partial charge is 0.472 e. The molecule has 0 amide bonds. The first-order valence-electron chi connectivity index (χ1n) is 34.3. The van der Waals surface area contributed by atoms with Gasteiger partial charge in [-0.25, -0.2) is 9.13 Å². The predicted molar refractivity (Wildman–Crippen MR) is 335 cm³/mol. The van der Waals surface area contributed by atoms with Gasteiger partial charge in [0.1, 0.15) is 19.3 Å². The number of unbranched alkanes of at least 4 members (excludes halogenated alkanes) is 40. The molecule has 3 N–H and O–H groups in total. The molecule has 5 atom stereocenters. The highest BCUT2D eigenvalue weighted by molar-refractivity contribution is 7.47. The molecule has 0 aromatic heterocycles. The highest BCUT2D eigenvalue weighted by atomic mass is 31.2. The highest BCUT2D eigenvalue weighted by Crippen LogP contribution is 2.45. The molecule has 498 valence electrons. The first-order valence-corrected chi connectivity index (χ1v) is 37.3. The molecule has 0 spiro atoms. The van der Waals surface area contributed by atoms with Gasteiger partial charge in [0.05, 0.1) is 26.4 Å². The monoisotopic (exact) mass is 1240 g/mol. The minimum absolute atomic E-state index is 0.107. The number of ether oxygens (including phenoxy) is 4. The standard InChI is InChI=1S/C65H126O17P2/c1-5-9-13-17-21-25-28-30-33-36-40-44-48-52-65(70)82-61(56-76-63(68)50-46-42-38-34-32-29-26-22-18-14-10-6-2)58-80-84(73,74)78-54-59(66)53-77-83(71,72)79-57-60(55-75-62(67)49-45-41-37-24-20-16-12-8-4)81-64(69)51-47-43-39-35-31-27-23-19-15-11-7-3/h59-61,66H,5-58H2,1-4H3,(H,71,72)(H,73,74)/t59-,60+,61+/m0/s1. The fourth-order valence-corrected chi connectivity index (χ4v) is 11.4. The van der Waals surface area contributed by atoms with E-state index >= 15 is 0 Å². The van der Waals surface area contributed by atoms with Crippen molar-refractivity contribution < 1.29 is 80.2 Å². The third kappa shape index (κ3) is 59.0. The number of rotatable bonds is 66. The molecular weight excluding hydrogens is 1110 g/mol. The van der Waals surface area contributed by atoms with Crippen molar-refractivity contribution in [3.05, 3.63) is 0 Å². The first kappa shape index (κ1) is 82.1. The molecule has 0 fully saturated rings. The molecule has 0 aliphatic heterocycles. The van der Waals surface area contributed by atoms with Gasteiger partial charge in [0, 0.05) is 25.7 Å². The summed E-state index contributed by atoms with van der Waals surface area (Å²) in [4.78, 5) is 72.2. The SMILES string of the molecule is CCCCCCCCCCCCCCCC(=O)O[C@H](COC(=O)CCCCCCCCCCCCCC)COP(=O)(O)OC[C@@H](O)COP(=O)(O)OC[C@@H](COC(=O)CCCCCCCCCC)OC(=O)CCCCCCCCCCCCC. The lowest BCUT2D eigenvalue weighted by molar-refractivity contribution is -0.161. The summed E-state index contributed by atoms with van der Waals surface area (Å²) in [5.74, 6) is -2.13. The molecule has 0 saturated carbocycles. The van der Waals surface area contributed by atoms with Gasteiger partial charge < -0.3 is 33.8 Å². The second-order valence-electron chi connectivity index (χ2n) is 23.5. The van der Waals surface area contributed by atoms with Crippen LogP contribution in [-0.2, 0) is 65.4 Å². The molecule has 0 rings (SSSR count). The maximum Gasteiger partial charge on any atom is 0.472 e. The Balaban J connectivity index is 5.22. The minimum atomic E-state index is -4.94. The van der Waals surface area contributed by atoms with Crippen molar-refractivity contribution >= 4 is 39.5 Å². The van der Waals surface area contributed by atoms with Crippen LogP contribution in [0.1, 0.15) is 336 Å². The van der Waals surface area contributed by atoms with E-state index in [-0.39, 0.29) is 25.7 Å². The van der Waals surface area contributed by atoms with E-state index in [1.807, 2.05) is 0 Å². The minimum Gasteiger partial charge on any atom is -0.462 e. The Hall–Kier alpha value is -1.94. The van der Waals surface area contributed by atoms with Gasteiger partial charge in [0.15, 0.2) is 12.2 Å². The van der Waals surface area contributed by atoms with Gasteiger partial charge >= 0.3 is 39.5 Å². The molecule has 17 nitrogen and oxygen atoms in total. The average molecular weight is 1240 g/mol. The third-order valence-electron chi connectivity index (χ3n) is 15.1. The van der Waals surface area contributed by atoms with Crippen molar-refractivity contribution in [3.8, 4) is 0 Å². The molecule has 2 unspecified atom stereocenters. The van der Waals surface area contributed by atoms with E-state index in [0.717, 1.165) is 96.3 Å². The summed E-state index contributed by atoms with van der Waals surface area (Å²) in [6.07, 6.45) is 45.7.